The van der Waals surface area contributed by atoms with E-state index in [1.54, 1.807) is 19.1 Å². The number of carboxylic acids is 1. The van der Waals surface area contributed by atoms with Crippen molar-refractivity contribution in [2.24, 2.45) is 0 Å². The molecule has 0 unspecified atom stereocenters. The fourth-order valence-electron chi connectivity index (χ4n) is 3.42. The van der Waals surface area contributed by atoms with Crippen molar-refractivity contribution >= 4 is 29.4 Å². The van der Waals surface area contributed by atoms with E-state index in [-0.39, 0.29) is 48.2 Å². The number of nitrogens with one attached hydrogen (secondary N) is 2. The van der Waals surface area contributed by atoms with Gasteiger partial charge < -0.3 is 20.6 Å². The van der Waals surface area contributed by atoms with Crippen LogP contribution < -0.4 is 10.6 Å². The number of hydrogen-bond acceptors (Lipinski definition) is 6. The monoisotopic (exact) mass is 447 g/mol. The maximum Gasteiger partial charge on any atom is 0.335 e. The molecular weight excluding hydrogens is 424 g/mol. The number of nitrogens with zero attached hydrogens (tertiary/aromatic N) is 3. The first-order valence-electron chi connectivity index (χ1n) is 9.93. The molecule has 2 aromatic rings. The van der Waals surface area contributed by atoms with Crippen LogP contribution in [0.3, 0.4) is 0 Å². The van der Waals surface area contributed by atoms with Crippen LogP contribution in [0.1, 0.15) is 46.2 Å². The summed E-state index contributed by atoms with van der Waals surface area (Å²) in [6.45, 7) is 2.26. The molecule has 1 saturated heterocycles. The van der Waals surface area contributed by atoms with Gasteiger partial charge in [-0.25, -0.2) is 23.5 Å². The highest BCUT2D eigenvalue weighted by molar-refractivity contribution is 5.94. The molecule has 170 valence electrons. The summed E-state index contributed by atoms with van der Waals surface area (Å²) in [5.74, 6) is -4.74. The quantitative estimate of drug-likeness (QED) is 0.622. The minimum Gasteiger partial charge on any atom is -0.478 e. The van der Waals surface area contributed by atoms with Gasteiger partial charge in [0.1, 0.15) is 17.3 Å². The van der Waals surface area contributed by atoms with Crippen LogP contribution >= 0.6 is 0 Å². The normalized spacial score (nSPS) is 17.5. The number of rotatable bonds is 6. The third-order valence-corrected chi connectivity index (χ3v) is 5.10. The Bertz CT molecular complexity index is 1050. The zero-order chi connectivity index (χ0) is 23.5. The van der Waals surface area contributed by atoms with E-state index in [2.05, 4.69) is 20.6 Å². The molecule has 0 spiro atoms. The van der Waals surface area contributed by atoms with Crippen molar-refractivity contribution in [3.63, 3.8) is 0 Å². The summed E-state index contributed by atoms with van der Waals surface area (Å²) in [5.41, 5.74) is 0.483. The number of carbonyl (C=O) groups is 3. The minimum atomic E-state index is -3.03. The zero-order valence-electron chi connectivity index (χ0n) is 17.6. The molecule has 1 fully saturated rings. The van der Waals surface area contributed by atoms with E-state index in [1.807, 2.05) is 0 Å². The van der Waals surface area contributed by atoms with Crippen molar-refractivity contribution in [2.45, 2.75) is 38.7 Å². The number of amides is 2. The van der Waals surface area contributed by atoms with Crippen LogP contribution in [0.5, 0.6) is 0 Å². The number of likely N-dealkylation sites (tertiary alicyclic amines) is 1. The Morgan fingerprint density at radius 2 is 2.00 bits per heavy atom. The second-order valence-electron chi connectivity index (χ2n) is 7.64. The van der Waals surface area contributed by atoms with Crippen molar-refractivity contribution in [2.75, 3.05) is 18.4 Å². The van der Waals surface area contributed by atoms with Crippen molar-refractivity contribution in [1.29, 1.82) is 0 Å². The summed E-state index contributed by atoms with van der Waals surface area (Å²) >= 11 is 0. The van der Waals surface area contributed by atoms with Crippen LogP contribution in [0.15, 0.2) is 30.5 Å². The summed E-state index contributed by atoms with van der Waals surface area (Å²) < 4.78 is 28.2. The Labute approximate surface area is 182 Å². The molecule has 3 heterocycles. The molecule has 9 nitrogen and oxygen atoms in total. The Kier molecular flexibility index (Phi) is 6.66. The molecule has 0 aromatic carbocycles. The number of aromatic carboxylic acids is 1. The van der Waals surface area contributed by atoms with Gasteiger partial charge in [0.05, 0.1) is 12.1 Å². The lowest BCUT2D eigenvalue weighted by molar-refractivity contribution is -0.119. The molecular formula is C21H23F2N5O4. The van der Waals surface area contributed by atoms with Crippen LogP contribution in [0.4, 0.5) is 20.4 Å². The van der Waals surface area contributed by atoms with Gasteiger partial charge in [0, 0.05) is 32.1 Å². The number of hydrogen-bond donors (Lipinski definition) is 3. The molecule has 0 aliphatic carbocycles. The number of halogens is 2. The summed E-state index contributed by atoms with van der Waals surface area (Å²) in [7, 11) is 0. The standard InChI is InChI=1S/C21H23F2N5O4/c1-12-3-4-16(26-17-9-14(20(31)32)6-8-24-17)27-18(12)19(30)28-11-21(22,23)7-5-15(28)10-25-13(2)29/h3-4,6,8-9,15H,5,7,10-11H2,1-2H3,(H,25,29)(H,31,32)(H,24,26,27)/t15-/m1/s1. The van der Waals surface area contributed by atoms with Crippen molar-refractivity contribution in [3.05, 3.63) is 47.3 Å². The topological polar surface area (TPSA) is 125 Å². The molecule has 1 aliphatic rings. The van der Waals surface area contributed by atoms with E-state index in [1.165, 1.54) is 25.3 Å². The predicted octanol–water partition coefficient (Wildman–Crippen LogP) is 2.60. The van der Waals surface area contributed by atoms with Crippen LogP contribution in [0, 0.1) is 6.92 Å². The molecule has 0 saturated carbocycles. The molecule has 0 radical (unpaired) electrons. The smallest absolute Gasteiger partial charge is 0.335 e. The molecule has 3 N–H and O–H groups in total. The lowest BCUT2D eigenvalue weighted by Crippen LogP contribution is -2.55. The number of piperidine rings is 1. The van der Waals surface area contributed by atoms with E-state index < -0.39 is 30.4 Å². The second kappa shape index (κ2) is 9.25. The fourth-order valence-corrected chi connectivity index (χ4v) is 3.42. The Balaban J connectivity index is 1.86. The van der Waals surface area contributed by atoms with Crippen LogP contribution in [-0.4, -0.2) is 62.8 Å². The highest BCUT2D eigenvalue weighted by Gasteiger charge is 2.42. The molecule has 32 heavy (non-hydrogen) atoms. The van der Waals surface area contributed by atoms with Gasteiger partial charge in [-0.15, -0.1) is 0 Å². The van der Waals surface area contributed by atoms with Gasteiger partial charge in [-0.2, -0.15) is 0 Å². The van der Waals surface area contributed by atoms with E-state index in [9.17, 15) is 23.2 Å². The summed E-state index contributed by atoms with van der Waals surface area (Å²) in [4.78, 5) is 45.0. The average molecular weight is 447 g/mol. The van der Waals surface area contributed by atoms with Gasteiger partial charge in [0.25, 0.3) is 11.8 Å². The zero-order valence-corrected chi connectivity index (χ0v) is 17.6. The maximum absolute atomic E-state index is 14.1. The number of carboxylic acid groups (broad SMARTS) is 1. The van der Waals surface area contributed by atoms with Gasteiger partial charge in [-0.1, -0.05) is 6.07 Å². The second-order valence-corrected chi connectivity index (χ2v) is 7.64. The molecule has 0 bridgehead atoms. The van der Waals surface area contributed by atoms with Crippen molar-refractivity contribution in [1.82, 2.24) is 20.2 Å². The largest absolute Gasteiger partial charge is 0.478 e. The van der Waals surface area contributed by atoms with Crippen LogP contribution in [0.2, 0.25) is 0 Å². The highest BCUT2D eigenvalue weighted by Crippen LogP contribution is 2.31. The highest BCUT2D eigenvalue weighted by atomic mass is 19.3. The summed E-state index contributed by atoms with van der Waals surface area (Å²) in [6, 6.07) is 5.23. The molecule has 1 aliphatic heterocycles. The fraction of sp³-hybridized carbons (Fsp3) is 0.381. The number of anilines is 2. The van der Waals surface area contributed by atoms with Crippen molar-refractivity contribution < 1.29 is 28.3 Å². The molecule has 11 heteroatoms. The van der Waals surface area contributed by atoms with E-state index in [4.69, 9.17) is 5.11 Å². The van der Waals surface area contributed by atoms with Gasteiger partial charge in [0.2, 0.25) is 5.91 Å². The number of carbonyl (C=O) groups excluding carboxylic acids is 2. The lowest BCUT2D eigenvalue weighted by Gasteiger charge is -2.39. The number of aryl methyl sites for hydroxylation is 1. The molecule has 2 aromatic heterocycles. The van der Waals surface area contributed by atoms with Gasteiger partial charge in [-0.3, -0.25) is 9.59 Å². The lowest BCUT2D eigenvalue weighted by atomic mass is 9.98. The SMILES string of the molecule is CC(=O)NC[C@H]1CCC(F)(F)CN1C(=O)c1nc(Nc2cc(C(=O)O)ccn2)ccc1C. The molecule has 1 atom stereocenters. The third kappa shape index (κ3) is 5.54. The van der Waals surface area contributed by atoms with E-state index in [0.29, 0.717) is 5.56 Å². The van der Waals surface area contributed by atoms with E-state index >= 15 is 0 Å². The molecule has 2 amide bonds. The minimum absolute atomic E-state index is 0.0160. The Morgan fingerprint density at radius 1 is 1.25 bits per heavy atom. The number of alkyl halides is 2. The average Bonchev–Trinajstić information content (AvgIpc) is 2.73. The first-order valence-corrected chi connectivity index (χ1v) is 9.93. The Morgan fingerprint density at radius 3 is 2.69 bits per heavy atom. The van der Waals surface area contributed by atoms with Crippen molar-refractivity contribution in [3.8, 4) is 0 Å². The number of pyridine rings is 2. The van der Waals surface area contributed by atoms with Gasteiger partial charge in [-0.05, 0) is 37.1 Å². The predicted molar refractivity (Wildman–Crippen MR) is 111 cm³/mol. The first kappa shape index (κ1) is 23.0. The Hall–Kier alpha value is -3.63. The maximum atomic E-state index is 14.1. The first-order chi connectivity index (χ1) is 15.1. The summed E-state index contributed by atoms with van der Waals surface area (Å²) in [6.07, 6.45) is 0.983. The number of aromatic nitrogens is 2. The van der Waals surface area contributed by atoms with Crippen LogP contribution in [0.25, 0.3) is 0 Å². The van der Waals surface area contributed by atoms with Crippen LogP contribution in [-0.2, 0) is 4.79 Å². The third-order valence-electron chi connectivity index (χ3n) is 5.10. The van der Waals surface area contributed by atoms with E-state index in [0.717, 1.165) is 4.90 Å². The van der Waals surface area contributed by atoms with Gasteiger partial charge in [0.15, 0.2) is 0 Å². The summed E-state index contributed by atoms with van der Waals surface area (Å²) in [5, 5.41) is 14.5. The van der Waals surface area contributed by atoms with Gasteiger partial charge >= 0.3 is 5.97 Å². The molecule has 3 rings (SSSR count).